The summed E-state index contributed by atoms with van der Waals surface area (Å²) < 4.78 is 10.6. The Hall–Kier alpha value is -1.79. The minimum atomic E-state index is -0.0871. The first-order chi connectivity index (χ1) is 11.4. The third-order valence-electron chi connectivity index (χ3n) is 4.44. The largest absolute Gasteiger partial charge is 0.497 e. The van der Waals surface area contributed by atoms with Crippen molar-refractivity contribution < 1.29 is 14.3 Å². The molecule has 0 unspecified atom stereocenters. The first kappa shape index (κ1) is 18.5. The summed E-state index contributed by atoms with van der Waals surface area (Å²) in [5.41, 5.74) is 0.954. The third kappa shape index (κ3) is 5.11. The molecule has 1 aliphatic rings. The van der Waals surface area contributed by atoms with Gasteiger partial charge in [0.2, 0.25) is 0 Å². The predicted molar refractivity (Wildman–Crippen MR) is 94.3 cm³/mol. The number of nitrogens with one attached hydrogen (secondary N) is 1. The van der Waals surface area contributed by atoms with Crippen molar-refractivity contribution in [2.75, 3.05) is 47.0 Å². The van der Waals surface area contributed by atoms with E-state index >= 15 is 0 Å². The second-order valence-electron chi connectivity index (χ2n) is 6.78. The molecule has 1 aliphatic heterocycles. The number of ether oxygens (including phenoxy) is 2. The number of hydrogen-bond donors (Lipinski definition) is 1. The maximum absolute atomic E-state index is 12.4. The number of benzene rings is 1. The van der Waals surface area contributed by atoms with Gasteiger partial charge in [-0.15, -0.1) is 0 Å². The standard InChI is InChI=1S/C18H29N3O3/c1-18(2,21-8-10-24-11-9-21)14-19-17(22)20(3)13-15-6-5-7-16(12-15)23-4/h5-7,12H,8-11,13-14H2,1-4H3,(H,19,22). The monoisotopic (exact) mass is 335 g/mol. The van der Waals surface area contributed by atoms with E-state index in [1.54, 1.807) is 19.1 Å². The Morgan fingerprint density at radius 1 is 1.38 bits per heavy atom. The van der Waals surface area contributed by atoms with Crippen molar-refractivity contribution in [1.29, 1.82) is 0 Å². The SMILES string of the molecule is COc1cccc(CN(C)C(=O)NCC(C)(C)N2CCOCC2)c1. The fourth-order valence-electron chi connectivity index (χ4n) is 2.82. The zero-order chi connectivity index (χ0) is 17.6. The van der Waals surface area contributed by atoms with E-state index in [-0.39, 0.29) is 11.6 Å². The zero-order valence-corrected chi connectivity index (χ0v) is 15.2. The molecule has 0 bridgehead atoms. The van der Waals surface area contributed by atoms with Crippen molar-refractivity contribution in [3.05, 3.63) is 29.8 Å². The van der Waals surface area contributed by atoms with Gasteiger partial charge in [0.15, 0.2) is 0 Å². The van der Waals surface area contributed by atoms with Crippen LogP contribution in [0.15, 0.2) is 24.3 Å². The van der Waals surface area contributed by atoms with Gasteiger partial charge in [-0.25, -0.2) is 4.79 Å². The Labute approximate surface area is 144 Å². The summed E-state index contributed by atoms with van der Waals surface area (Å²) in [5, 5.41) is 3.04. The molecule has 1 aromatic carbocycles. The van der Waals surface area contributed by atoms with Crippen molar-refractivity contribution in [3.63, 3.8) is 0 Å². The molecule has 2 rings (SSSR count). The molecule has 0 spiro atoms. The summed E-state index contributed by atoms with van der Waals surface area (Å²) in [6, 6.07) is 7.69. The highest BCUT2D eigenvalue weighted by molar-refractivity contribution is 5.73. The van der Waals surface area contributed by atoms with Crippen LogP contribution in [0.5, 0.6) is 5.75 Å². The van der Waals surface area contributed by atoms with E-state index in [9.17, 15) is 4.79 Å². The third-order valence-corrected chi connectivity index (χ3v) is 4.44. The van der Waals surface area contributed by atoms with Gasteiger partial charge >= 0.3 is 6.03 Å². The lowest BCUT2D eigenvalue weighted by Crippen LogP contribution is -2.56. The lowest BCUT2D eigenvalue weighted by atomic mass is 10.0. The van der Waals surface area contributed by atoms with Crippen LogP contribution < -0.4 is 10.1 Å². The maximum Gasteiger partial charge on any atom is 0.317 e. The Bertz CT molecular complexity index is 542. The molecule has 1 N–H and O–H groups in total. The van der Waals surface area contributed by atoms with Crippen LogP contribution in [0.25, 0.3) is 0 Å². The fourth-order valence-corrected chi connectivity index (χ4v) is 2.82. The molecule has 1 heterocycles. The zero-order valence-electron chi connectivity index (χ0n) is 15.2. The number of hydrogen-bond acceptors (Lipinski definition) is 4. The molecule has 2 amide bonds. The number of morpholine rings is 1. The predicted octanol–water partition coefficient (Wildman–Crippen LogP) is 1.95. The number of amides is 2. The Balaban J connectivity index is 1.84. The van der Waals surface area contributed by atoms with Gasteiger partial charge in [0.05, 0.1) is 20.3 Å². The Morgan fingerprint density at radius 2 is 2.08 bits per heavy atom. The molecule has 6 heteroatoms. The van der Waals surface area contributed by atoms with Crippen molar-refractivity contribution in [3.8, 4) is 5.75 Å². The average molecular weight is 335 g/mol. The molecular weight excluding hydrogens is 306 g/mol. The van der Waals surface area contributed by atoms with Crippen molar-refractivity contribution in [2.24, 2.45) is 0 Å². The molecule has 134 valence electrons. The summed E-state index contributed by atoms with van der Waals surface area (Å²) in [6.07, 6.45) is 0. The first-order valence-corrected chi connectivity index (χ1v) is 8.37. The molecule has 0 atom stereocenters. The molecule has 6 nitrogen and oxygen atoms in total. The first-order valence-electron chi connectivity index (χ1n) is 8.37. The number of carbonyl (C=O) groups excluding carboxylic acids is 1. The average Bonchev–Trinajstić information content (AvgIpc) is 2.60. The number of rotatable bonds is 6. The molecule has 0 aromatic heterocycles. The van der Waals surface area contributed by atoms with Gasteiger partial charge in [-0.3, -0.25) is 4.90 Å². The van der Waals surface area contributed by atoms with Crippen LogP contribution in [0.2, 0.25) is 0 Å². The smallest absolute Gasteiger partial charge is 0.317 e. The fraction of sp³-hybridized carbons (Fsp3) is 0.611. The highest BCUT2D eigenvalue weighted by Gasteiger charge is 2.28. The summed E-state index contributed by atoms with van der Waals surface area (Å²) >= 11 is 0. The highest BCUT2D eigenvalue weighted by atomic mass is 16.5. The molecule has 1 aromatic rings. The van der Waals surface area contributed by atoms with E-state index in [4.69, 9.17) is 9.47 Å². The van der Waals surface area contributed by atoms with E-state index < -0.39 is 0 Å². The quantitative estimate of drug-likeness (QED) is 0.863. The van der Waals surface area contributed by atoms with Crippen molar-refractivity contribution in [2.45, 2.75) is 25.9 Å². The van der Waals surface area contributed by atoms with Gasteiger partial charge in [0.1, 0.15) is 5.75 Å². The number of carbonyl (C=O) groups is 1. The van der Waals surface area contributed by atoms with Gasteiger partial charge in [-0.05, 0) is 31.5 Å². The van der Waals surface area contributed by atoms with Gasteiger partial charge in [0, 0.05) is 38.8 Å². The van der Waals surface area contributed by atoms with E-state index in [2.05, 4.69) is 24.1 Å². The van der Waals surface area contributed by atoms with Crippen molar-refractivity contribution >= 4 is 6.03 Å². The van der Waals surface area contributed by atoms with Crippen LogP contribution in [-0.4, -0.2) is 68.4 Å². The minimum absolute atomic E-state index is 0.0702. The van der Waals surface area contributed by atoms with Crippen LogP contribution in [0, 0.1) is 0 Å². The van der Waals surface area contributed by atoms with Gasteiger partial charge in [-0.1, -0.05) is 12.1 Å². The molecule has 0 aliphatic carbocycles. The topological polar surface area (TPSA) is 54.0 Å². The molecule has 24 heavy (non-hydrogen) atoms. The van der Waals surface area contributed by atoms with Gasteiger partial charge in [-0.2, -0.15) is 0 Å². The summed E-state index contributed by atoms with van der Waals surface area (Å²) in [4.78, 5) is 16.4. The Morgan fingerprint density at radius 3 is 2.75 bits per heavy atom. The molecular formula is C18H29N3O3. The molecule has 1 saturated heterocycles. The van der Waals surface area contributed by atoms with Crippen LogP contribution in [-0.2, 0) is 11.3 Å². The molecule has 0 saturated carbocycles. The second-order valence-corrected chi connectivity index (χ2v) is 6.78. The number of methoxy groups -OCH3 is 1. The van der Waals surface area contributed by atoms with Crippen molar-refractivity contribution in [1.82, 2.24) is 15.1 Å². The minimum Gasteiger partial charge on any atom is -0.497 e. The van der Waals surface area contributed by atoms with Gasteiger partial charge in [0.25, 0.3) is 0 Å². The van der Waals surface area contributed by atoms with Crippen LogP contribution >= 0.6 is 0 Å². The molecule has 0 radical (unpaired) electrons. The second kappa shape index (κ2) is 8.35. The number of nitrogens with zero attached hydrogens (tertiary/aromatic N) is 2. The normalized spacial score (nSPS) is 15.8. The summed E-state index contributed by atoms with van der Waals surface area (Å²) in [5.74, 6) is 0.801. The van der Waals surface area contributed by atoms with Crippen LogP contribution in [0.1, 0.15) is 19.4 Å². The summed E-state index contributed by atoms with van der Waals surface area (Å²) in [7, 11) is 3.44. The maximum atomic E-state index is 12.4. The van der Waals surface area contributed by atoms with Crippen LogP contribution in [0.3, 0.4) is 0 Å². The molecule has 1 fully saturated rings. The van der Waals surface area contributed by atoms with Crippen LogP contribution in [0.4, 0.5) is 4.79 Å². The number of urea groups is 1. The highest BCUT2D eigenvalue weighted by Crippen LogP contribution is 2.16. The lowest BCUT2D eigenvalue weighted by molar-refractivity contribution is -0.00900. The van der Waals surface area contributed by atoms with E-state index in [1.807, 2.05) is 24.3 Å². The lowest BCUT2D eigenvalue weighted by Gasteiger charge is -2.41. The Kier molecular flexibility index (Phi) is 6.45. The van der Waals surface area contributed by atoms with E-state index in [0.717, 1.165) is 37.6 Å². The van der Waals surface area contributed by atoms with E-state index in [1.165, 1.54) is 0 Å². The van der Waals surface area contributed by atoms with Gasteiger partial charge < -0.3 is 19.7 Å². The van der Waals surface area contributed by atoms with E-state index in [0.29, 0.717) is 13.1 Å². The summed E-state index contributed by atoms with van der Waals surface area (Å²) in [6.45, 7) is 8.78.